The van der Waals surface area contributed by atoms with Gasteiger partial charge >= 0.3 is 0 Å². The maximum Gasteiger partial charge on any atom is 0.270 e. The minimum Gasteiger partial charge on any atom is -0.489 e. The monoisotopic (exact) mass is 502 g/mol. The van der Waals surface area contributed by atoms with E-state index in [1.807, 2.05) is 6.92 Å². The Morgan fingerprint density at radius 3 is 2.05 bits per heavy atom. The molecule has 0 spiro atoms. The molecule has 0 amide bonds. The van der Waals surface area contributed by atoms with Crippen LogP contribution in [0.1, 0.15) is 73.4 Å². The fourth-order valence-electron chi connectivity index (χ4n) is 4.88. The van der Waals surface area contributed by atoms with Gasteiger partial charge in [0.2, 0.25) is 0 Å². The third-order valence-corrected chi connectivity index (χ3v) is 7.32. The van der Waals surface area contributed by atoms with Crippen LogP contribution in [0.25, 0.3) is 11.1 Å². The number of benzene rings is 3. The second kappa shape index (κ2) is 11.6. The van der Waals surface area contributed by atoms with Crippen molar-refractivity contribution in [2.45, 2.75) is 78.6 Å². The van der Waals surface area contributed by atoms with Gasteiger partial charge in [-0.1, -0.05) is 80.9 Å². The molecule has 3 aromatic rings. The summed E-state index contributed by atoms with van der Waals surface area (Å²) in [5.41, 5.74) is 9.86. The first-order chi connectivity index (χ1) is 17.6. The molecule has 0 bridgehead atoms. The second-order valence-electron chi connectivity index (χ2n) is 11.1. The normalized spacial score (nSPS) is 14.5. The molecule has 0 heterocycles. The van der Waals surface area contributed by atoms with Crippen molar-refractivity contribution in [3.8, 4) is 16.9 Å². The van der Waals surface area contributed by atoms with Gasteiger partial charge in [0.25, 0.3) is 5.92 Å². The van der Waals surface area contributed by atoms with Gasteiger partial charge in [-0.25, -0.2) is 8.78 Å². The first-order valence-electron chi connectivity index (χ1n) is 13.6. The highest BCUT2D eigenvalue weighted by molar-refractivity contribution is 5.64. The van der Waals surface area contributed by atoms with Gasteiger partial charge in [-0.3, -0.25) is 0 Å². The molecule has 1 fully saturated rings. The molecule has 196 valence electrons. The zero-order valence-corrected chi connectivity index (χ0v) is 22.8. The number of aryl methyl sites for hydroxylation is 3. The molecule has 2 aliphatic rings. The molecule has 5 rings (SSSR count). The Morgan fingerprint density at radius 1 is 0.946 bits per heavy atom. The molecule has 2 aliphatic carbocycles. The molecule has 3 heteroatoms. The molecule has 0 atom stereocenters. The van der Waals surface area contributed by atoms with E-state index in [0.29, 0.717) is 6.61 Å². The fraction of sp³-hybridized carbons (Fsp3) is 0.412. The maximum atomic E-state index is 13.5. The van der Waals surface area contributed by atoms with Crippen molar-refractivity contribution in [2.24, 2.45) is 5.92 Å². The topological polar surface area (TPSA) is 9.23 Å². The molecule has 0 aliphatic heterocycles. The molecular formula is C34H40F2O. The third-order valence-electron chi connectivity index (χ3n) is 7.32. The maximum absolute atomic E-state index is 13.5. The Balaban J connectivity index is 0.000000730. The molecule has 1 saturated carbocycles. The number of hydrogen-bond acceptors (Lipinski definition) is 1. The van der Waals surface area contributed by atoms with E-state index in [-0.39, 0.29) is 5.56 Å². The summed E-state index contributed by atoms with van der Waals surface area (Å²) in [4.78, 5) is 0. The van der Waals surface area contributed by atoms with Crippen molar-refractivity contribution in [3.63, 3.8) is 0 Å². The smallest absolute Gasteiger partial charge is 0.270 e. The number of alkyl halides is 2. The third kappa shape index (κ3) is 7.31. The van der Waals surface area contributed by atoms with Crippen LogP contribution in [0.15, 0.2) is 66.7 Å². The van der Waals surface area contributed by atoms with Gasteiger partial charge < -0.3 is 4.74 Å². The highest BCUT2D eigenvalue weighted by Crippen LogP contribution is 2.37. The van der Waals surface area contributed by atoms with Crippen molar-refractivity contribution in [3.05, 3.63) is 100 Å². The van der Waals surface area contributed by atoms with E-state index in [9.17, 15) is 8.78 Å². The summed E-state index contributed by atoms with van der Waals surface area (Å²) in [5.74, 6) is -0.666. The van der Waals surface area contributed by atoms with Gasteiger partial charge in [-0.15, -0.1) is 0 Å². The highest BCUT2D eigenvalue weighted by atomic mass is 19.3. The lowest BCUT2D eigenvalue weighted by molar-refractivity contribution is 0.0175. The molecule has 0 saturated heterocycles. The number of rotatable bonds is 8. The zero-order chi connectivity index (χ0) is 26.6. The van der Waals surface area contributed by atoms with Gasteiger partial charge in [0.15, 0.2) is 0 Å². The van der Waals surface area contributed by atoms with Gasteiger partial charge in [-0.2, -0.15) is 0 Å². The molecule has 0 unspecified atom stereocenters. The van der Waals surface area contributed by atoms with Crippen LogP contribution in [0.3, 0.4) is 0 Å². The molecule has 37 heavy (non-hydrogen) atoms. The summed E-state index contributed by atoms with van der Waals surface area (Å²) >= 11 is 0. The van der Waals surface area contributed by atoms with Gasteiger partial charge in [0.1, 0.15) is 12.4 Å². The zero-order valence-electron chi connectivity index (χ0n) is 22.8. The van der Waals surface area contributed by atoms with Crippen LogP contribution in [-0.2, 0) is 31.6 Å². The first-order valence-corrected chi connectivity index (χ1v) is 13.6. The first kappa shape index (κ1) is 27.1. The van der Waals surface area contributed by atoms with E-state index < -0.39 is 5.92 Å². The van der Waals surface area contributed by atoms with E-state index in [2.05, 4.69) is 50.8 Å². The minimum absolute atomic E-state index is 0.0433. The number of fused-ring (bicyclic) bond motifs is 1. The summed E-state index contributed by atoms with van der Waals surface area (Å²) in [6, 6.07) is 17.3. The van der Waals surface area contributed by atoms with Gasteiger partial charge in [-0.05, 0) is 96.4 Å². The quantitative estimate of drug-likeness (QED) is 0.279. The Kier molecular flexibility index (Phi) is 8.52. The summed E-state index contributed by atoms with van der Waals surface area (Å²) in [6.45, 7) is 11.9. The van der Waals surface area contributed by atoms with Crippen molar-refractivity contribution in [1.82, 2.24) is 0 Å². The minimum atomic E-state index is -2.81. The number of hydrogen-bond donors (Lipinski definition) is 0. The predicted molar refractivity (Wildman–Crippen MR) is 151 cm³/mol. The van der Waals surface area contributed by atoms with E-state index in [4.69, 9.17) is 4.74 Å². The van der Waals surface area contributed by atoms with Crippen LogP contribution >= 0.6 is 0 Å². The lowest BCUT2D eigenvalue weighted by Crippen LogP contribution is -2.06. The molecule has 1 nitrogen and oxygen atoms in total. The van der Waals surface area contributed by atoms with Crippen molar-refractivity contribution < 1.29 is 13.5 Å². The van der Waals surface area contributed by atoms with Crippen LogP contribution in [-0.4, -0.2) is 6.61 Å². The highest BCUT2D eigenvalue weighted by Gasteiger charge is 2.24. The second-order valence-corrected chi connectivity index (χ2v) is 11.1. The average Bonchev–Trinajstić information content (AvgIpc) is 3.49. The van der Waals surface area contributed by atoms with Crippen LogP contribution in [0.2, 0.25) is 0 Å². The van der Waals surface area contributed by atoms with E-state index in [0.717, 1.165) is 61.0 Å². The van der Waals surface area contributed by atoms with E-state index >= 15 is 0 Å². The van der Waals surface area contributed by atoms with E-state index in [1.54, 1.807) is 12.1 Å². The lowest BCUT2D eigenvalue weighted by Gasteiger charge is -2.17. The molecule has 0 N–H and O–H groups in total. The van der Waals surface area contributed by atoms with E-state index in [1.165, 1.54) is 59.2 Å². The summed E-state index contributed by atoms with van der Waals surface area (Å²) in [6.07, 6.45) is 8.35. The Labute approximate surface area is 221 Å². The standard InChI is InChI=1S/C30H32F2O.C4H8/c1-20(2)19-33-29-21(3)18-25(27-6-5-7-28(27)29)13-10-22-8-11-23(12-9-22)24-14-16-26(17-15-24)30(4,31)32;1-4-2-3-4/h8-9,11-12,14-18H,1,5-7,10,13,19H2,2-4H3;4H,2-3H2,1H3. The molecular weight excluding hydrogens is 462 g/mol. The summed E-state index contributed by atoms with van der Waals surface area (Å²) in [7, 11) is 0. The van der Waals surface area contributed by atoms with Crippen LogP contribution in [0.5, 0.6) is 5.75 Å². The van der Waals surface area contributed by atoms with Crippen molar-refractivity contribution >= 4 is 0 Å². The Bertz CT molecular complexity index is 1210. The Morgan fingerprint density at radius 2 is 1.51 bits per heavy atom. The summed E-state index contributed by atoms with van der Waals surface area (Å²) in [5, 5.41) is 0. The van der Waals surface area contributed by atoms with Gasteiger partial charge in [0.05, 0.1) is 0 Å². The summed E-state index contributed by atoms with van der Waals surface area (Å²) < 4.78 is 33.0. The molecule has 3 aromatic carbocycles. The number of ether oxygens (including phenoxy) is 1. The lowest BCUT2D eigenvalue weighted by atomic mass is 9.93. The molecule has 0 radical (unpaired) electrons. The largest absolute Gasteiger partial charge is 0.489 e. The fourth-order valence-corrected chi connectivity index (χ4v) is 4.88. The molecule has 0 aromatic heterocycles. The van der Waals surface area contributed by atoms with Crippen LogP contribution in [0.4, 0.5) is 8.78 Å². The van der Waals surface area contributed by atoms with Crippen LogP contribution in [0, 0.1) is 12.8 Å². The van der Waals surface area contributed by atoms with Crippen molar-refractivity contribution in [2.75, 3.05) is 6.61 Å². The number of halogens is 2. The SMILES string of the molecule is C=C(C)COc1c(C)cc(CCc2ccc(-c3ccc(C(C)(F)F)cc3)cc2)c2c1CCC2.CC1CC1. The average molecular weight is 503 g/mol. The Hall–Kier alpha value is -2.94. The van der Waals surface area contributed by atoms with Crippen molar-refractivity contribution in [1.29, 1.82) is 0 Å². The van der Waals surface area contributed by atoms with Crippen LogP contribution < -0.4 is 4.74 Å². The van der Waals surface area contributed by atoms with Gasteiger partial charge in [0, 0.05) is 12.5 Å². The predicted octanol–water partition coefficient (Wildman–Crippen LogP) is 9.42.